The van der Waals surface area contributed by atoms with E-state index in [1.807, 2.05) is 13.8 Å². The summed E-state index contributed by atoms with van der Waals surface area (Å²) in [6.45, 7) is 4.70. The zero-order valence-corrected chi connectivity index (χ0v) is 10.6. The highest BCUT2D eigenvalue weighted by Gasteiger charge is 2.32. The predicted molar refractivity (Wildman–Crippen MR) is 67.2 cm³/mol. The van der Waals surface area contributed by atoms with Gasteiger partial charge in [-0.1, -0.05) is 13.8 Å². The maximum Gasteiger partial charge on any atom is 0.165 e. The number of rotatable bonds is 3. The van der Waals surface area contributed by atoms with Gasteiger partial charge in [-0.25, -0.2) is 0 Å². The van der Waals surface area contributed by atoms with Crippen molar-refractivity contribution in [2.75, 3.05) is 19.8 Å². The Labute approximate surface area is 106 Å². The maximum atomic E-state index is 10.4. The molecule has 0 saturated carbocycles. The van der Waals surface area contributed by atoms with Gasteiger partial charge in [0.2, 0.25) is 0 Å². The fourth-order valence-corrected chi connectivity index (χ4v) is 1.69. The quantitative estimate of drug-likeness (QED) is 0.746. The van der Waals surface area contributed by atoms with E-state index in [9.17, 15) is 10.2 Å². The number of hydrogen-bond donors (Lipinski definition) is 3. The summed E-state index contributed by atoms with van der Waals surface area (Å²) < 4.78 is 11.0. The summed E-state index contributed by atoms with van der Waals surface area (Å²) >= 11 is 0. The molecule has 1 heterocycles. The average molecular weight is 253 g/mol. The third-order valence-corrected chi connectivity index (χ3v) is 2.76. The number of fused-ring (bicyclic) bond motifs is 1. The number of hydrogen-bond acceptors (Lipinski definition) is 5. The molecule has 1 atom stereocenters. The molecule has 0 radical (unpaired) electrons. The van der Waals surface area contributed by atoms with Crippen LogP contribution in [0.4, 0.5) is 0 Å². The Morgan fingerprint density at radius 3 is 2.61 bits per heavy atom. The van der Waals surface area contributed by atoms with E-state index < -0.39 is 5.60 Å². The summed E-state index contributed by atoms with van der Waals surface area (Å²) in [6, 6.07) is 4.92. The van der Waals surface area contributed by atoms with E-state index in [1.54, 1.807) is 6.07 Å². The van der Waals surface area contributed by atoms with Gasteiger partial charge in [0.25, 0.3) is 0 Å². The lowest BCUT2D eigenvalue weighted by Gasteiger charge is -2.26. The lowest BCUT2D eigenvalue weighted by atomic mass is 10.1. The van der Waals surface area contributed by atoms with Gasteiger partial charge < -0.3 is 25.0 Å². The fourth-order valence-electron chi connectivity index (χ4n) is 1.69. The lowest BCUT2D eigenvalue weighted by Crippen LogP contribution is -2.50. The molecule has 0 bridgehead atoms. The van der Waals surface area contributed by atoms with Gasteiger partial charge in [0.05, 0.1) is 0 Å². The molecule has 1 aromatic carbocycles. The van der Waals surface area contributed by atoms with Crippen molar-refractivity contribution < 1.29 is 19.7 Å². The van der Waals surface area contributed by atoms with Gasteiger partial charge in [0, 0.05) is 18.7 Å². The van der Waals surface area contributed by atoms with Crippen LogP contribution in [0.25, 0.3) is 0 Å². The highest BCUT2D eigenvalue weighted by atomic mass is 16.6. The molecule has 5 nitrogen and oxygen atoms in total. The highest BCUT2D eigenvalue weighted by molar-refractivity contribution is 5.45. The van der Waals surface area contributed by atoms with Crippen molar-refractivity contribution in [1.82, 2.24) is 5.32 Å². The largest absolute Gasteiger partial charge is 0.508 e. The monoisotopic (exact) mass is 253 g/mol. The van der Waals surface area contributed by atoms with Crippen molar-refractivity contribution in [2.45, 2.75) is 25.5 Å². The van der Waals surface area contributed by atoms with Crippen molar-refractivity contribution in [2.24, 2.45) is 0 Å². The Kier molecular flexibility index (Phi) is 3.63. The van der Waals surface area contributed by atoms with Crippen LogP contribution in [0.5, 0.6) is 17.2 Å². The second kappa shape index (κ2) is 5.04. The summed E-state index contributed by atoms with van der Waals surface area (Å²) in [5.41, 5.74) is -1.07. The van der Waals surface area contributed by atoms with E-state index >= 15 is 0 Å². The summed E-state index contributed by atoms with van der Waals surface area (Å²) in [5.74, 6) is 1.10. The molecule has 100 valence electrons. The molecule has 5 heteroatoms. The first-order valence-electron chi connectivity index (χ1n) is 6.03. The zero-order chi connectivity index (χ0) is 13.2. The number of ether oxygens (including phenoxy) is 2. The summed E-state index contributed by atoms with van der Waals surface area (Å²) in [7, 11) is 0. The molecule has 0 spiro atoms. The van der Waals surface area contributed by atoms with E-state index in [0.717, 1.165) is 0 Å². The van der Waals surface area contributed by atoms with E-state index in [-0.39, 0.29) is 25.0 Å². The van der Waals surface area contributed by atoms with Crippen molar-refractivity contribution in [3.05, 3.63) is 18.2 Å². The molecule has 1 aliphatic heterocycles. The van der Waals surface area contributed by atoms with Crippen molar-refractivity contribution in [3.63, 3.8) is 0 Å². The van der Waals surface area contributed by atoms with Crippen LogP contribution in [0.1, 0.15) is 13.8 Å². The smallest absolute Gasteiger partial charge is 0.165 e. The third-order valence-electron chi connectivity index (χ3n) is 2.76. The molecule has 18 heavy (non-hydrogen) atoms. The second-order valence-electron chi connectivity index (χ2n) is 4.97. The second-order valence-corrected chi connectivity index (χ2v) is 4.97. The minimum absolute atomic E-state index is 0.114. The summed E-state index contributed by atoms with van der Waals surface area (Å²) in [6.07, 6.45) is 0. The van der Waals surface area contributed by atoms with Crippen LogP contribution in [0.15, 0.2) is 18.2 Å². The van der Waals surface area contributed by atoms with Gasteiger partial charge in [-0.05, 0) is 12.1 Å². The van der Waals surface area contributed by atoms with Crippen LogP contribution in [0.3, 0.4) is 0 Å². The third kappa shape index (κ3) is 3.05. The van der Waals surface area contributed by atoms with E-state index in [2.05, 4.69) is 5.32 Å². The van der Waals surface area contributed by atoms with Gasteiger partial charge in [-0.2, -0.15) is 0 Å². The van der Waals surface area contributed by atoms with E-state index in [1.165, 1.54) is 12.1 Å². The van der Waals surface area contributed by atoms with Crippen LogP contribution in [-0.4, -0.2) is 41.6 Å². The first kappa shape index (κ1) is 13.0. The normalized spacial score (nSPS) is 22.9. The van der Waals surface area contributed by atoms with Gasteiger partial charge in [-0.15, -0.1) is 0 Å². The van der Waals surface area contributed by atoms with Crippen LogP contribution in [-0.2, 0) is 0 Å². The standard InChI is InChI=1S/C13H19NO4/c1-9(2)14-6-13(16)7-17-11-4-3-10(15)5-12(11)18-8-13/h3-5,9,14-16H,6-8H2,1-2H3. The predicted octanol–water partition coefficient (Wildman–Crippen LogP) is 0.892. The molecule has 3 N–H and O–H groups in total. The zero-order valence-electron chi connectivity index (χ0n) is 10.6. The van der Waals surface area contributed by atoms with E-state index in [4.69, 9.17) is 9.47 Å². The van der Waals surface area contributed by atoms with Crippen LogP contribution < -0.4 is 14.8 Å². The number of nitrogens with one attached hydrogen (secondary N) is 1. The number of phenolic OH excluding ortho intramolecular Hbond substituents is 1. The van der Waals surface area contributed by atoms with Gasteiger partial charge in [-0.3, -0.25) is 0 Å². The van der Waals surface area contributed by atoms with Crippen molar-refractivity contribution >= 4 is 0 Å². The van der Waals surface area contributed by atoms with Gasteiger partial charge in [0.1, 0.15) is 24.6 Å². The Morgan fingerprint density at radius 1 is 1.28 bits per heavy atom. The molecule has 0 aromatic heterocycles. The maximum absolute atomic E-state index is 10.4. The molecule has 2 rings (SSSR count). The van der Waals surface area contributed by atoms with Crippen molar-refractivity contribution in [1.29, 1.82) is 0 Å². The molecule has 0 amide bonds. The molecule has 1 unspecified atom stereocenters. The van der Waals surface area contributed by atoms with E-state index in [0.29, 0.717) is 18.0 Å². The minimum Gasteiger partial charge on any atom is -0.508 e. The Balaban J connectivity index is 2.06. The van der Waals surface area contributed by atoms with Crippen molar-refractivity contribution in [3.8, 4) is 17.2 Å². The number of aromatic hydroxyl groups is 1. The molecular formula is C13H19NO4. The topological polar surface area (TPSA) is 71.0 Å². The number of phenols is 1. The first-order chi connectivity index (χ1) is 8.48. The minimum atomic E-state index is -1.07. The SMILES string of the molecule is CC(C)NCC1(O)COc2ccc(O)cc2OC1. The van der Waals surface area contributed by atoms with Crippen LogP contribution >= 0.6 is 0 Å². The summed E-state index contributed by atoms with van der Waals surface area (Å²) in [4.78, 5) is 0. The Hall–Kier alpha value is -1.46. The molecule has 0 fully saturated rings. The number of aliphatic hydroxyl groups is 1. The van der Waals surface area contributed by atoms with Crippen LogP contribution in [0, 0.1) is 0 Å². The first-order valence-corrected chi connectivity index (χ1v) is 6.03. The van der Waals surface area contributed by atoms with Gasteiger partial charge in [0.15, 0.2) is 11.5 Å². The Bertz CT molecular complexity index is 421. The molecule has 0 aliphatic carbocycles. The molecule has 1 aliphatic rings. The average Bonchev–Trinajstić information content (AvgIpc) is 2.48. The van der Waals surface area contributed by atoms with Crippen LogP contribution in [0.2, 0.25) is 0 Å². The fraction of sp³-hybridized carbons (Fsp3) is 0.538. The molecule has 0 saturated heterocycles. The lowest BCUT2D eigenvalue weighted by molar-refractivity contribution is -0.0277. The van der Waals surface area contributed by atoms with Gasteiger partial charge >= 0.3 is 0 Å². The summed E-state index contributed by atoms with van der Waals surface area (Å²) in [5, 5.41) is 22.9. The molecule has 1 aromatic rings. The highest BCUT2D eigenvalue weighted by Crippen LogP contribution is 2.34. The number of benzene rings is 1. The molecular weight excluding hydrogens is 234 g/mol. The Morgan fingerprint density at radius 2 is 1.94 bits per heavy atom.